The van der Waals surface area contributed by atoms with Gasteiger partial charge in [-0.25, -0.2) is 8.78 Å². The topological polar surface area (TPSA) is 0 Å². The molecule has 0 aliphatic heterocycles. The first kappa shape index (κ1) is 20.8. The Hall–Kier alpha value is -1.91. The molecule has 0 radical (unpaired) electrons. The fourth-order valence-corrected chi connectivity index (χ4v) is 4.24. The van der Waals surface area contributed by atoms with Crippen molar-refractivity contribution in [2.45, 2.75) is 64.0 Å². The van der Waals surface area contributed by atoms with Gasteiger partial charge in [0.15, 0.2) is 0 Å². The Balaban J connectivity index is 1.72. The maximum Gasteiger partial charge on any atom is 0.416 e. The normalized spacial score (nSPS) is 20.4. The third-order valence-electron chi connectivity index (χ3n) is 5.84. The third kappa shape index (κ3) is 4.92. The standard InChI is InChI=1S/C23H25F5/c1-2-3-15-4-8-17(9-5-15)18-13-21(24)20(22(25)14-18)12-16-6-10-19(11-7-16)23(26,27)28/h6-7,10-11,13-15,17H,2-5,8-9,12H2,1H3. The van der Waals surface area contributed by atoms with Gasteiger partial charge < -0.3 is 0 Å². The van der Waals surface area contributed by atoms with Crippen molar-refractivity contribution in [3.8, 4) is 0 Å². The monoisotopic (exact) mass is 396 g/mol. The molecule has 1 saturated carbocycles. The van der Waals surface area contributed by atoms with E-state index >= 15 is 0 Å². The van der Waals surface area contributed by atoms with Gasteiger partial charge in [0.1, 0.15) is 11.6 Å². The molecular formula is C23H25F5. The van der Waals surface area contributed by atoms with Gasteiger partial charge in [-0.05, 0) is 72.9 Å². The zero-order chi connectivity index (χ0) is 20.3. The maximum atomic E-state index is 14.6. The molecule has 2 aromatic rings. The summed E-state index contributed by atoms with van der Waals surface area (Å²) < 4.78 is 67.1. The van der Waals surface area contributed by atoms with Gasteiger partial charge in [0, 0.05) is 12.0 Å². The van der Waals surface area contributed by atoms with E-state index in [1.807, 2.05) is 0 Å². The lowest BCUT2D eigenvalue weighted by molar-refractivity contribution is -0.137. The van der Waals surface area contributed by atoms with E-state index in [9.17, 15) is 22.0 Å². The van der Waals surface area contributed by atoms with Crippen molar-refractivity contribution in [1.29, 1.82) is 0 Å². The molecule has 1 aliphatic carbocycles. The van der Waals surface area contributed by atoms with Crippen molar-refractivity contribution in [3.63, 3.8) is 0 Å². The Morgan fingerprint density at radius 1 is 0.893 bits per heavy atom. The van der Waals surface area contributed by atoms with Crippen LogP contribution in [0.4, 0.5) is 22.0 Å². The van der Waals surface area contributed by atoms with E-state index in [4.69, 9.17) is 0 Å². The van der Waals surface area contributed by atoms with Crippen LogP contribution in [0.1, 0.15) is 73.6 Å². The molecule has 0 unspecified atom stereocenters. The van der Waals surface area contributed by atoms with Crippen molar-refractivity contribution in [2.75, 3.05) is 0 Å². The second-order valence-electron chi connectivity index (χ2n) is 7.84. The number of hydrogen-bond donors (Lipinski definition) is 0. The van der Waals surface area contributed by atoms with Gasteiger partial charge in [0.25, 0.3) is 0 Å². The quantitative estimate of drug-likeness (QED) is 0.455. The van der Waals surface area contributed by atoms with Gasteiger partial charge in [-0.15, -0.1) is 0 Å². The first-order valence-corrected chi connectivity index (χ1v) is 9.92. The van der Waals surface area contributed by atoms with E-state index in [1.54, 1.807) is 0 Å². The first-order valence-electron chi connectivity index (χ1n) is 9.92. The van der Waals surface area contributed by atoms with Crippen molar-refractivity contribution < 1.29 is 22.0 Å². The van der Waals surface area contributed by atoms with E-state index in [-0.39, 0.29) is 17.9 Å². The molecule has 5 heteroatoms. The summed E-state index contributed by atoms with van der Waals surface area (Å²) in [6.07, 6.45) is 1.96. The summed E-state index contributed by atoms with van der Waals surface area (Å²) in [5.41, 5.74) is 0.272. The molecular weight excluding hydrogens is 371 g/mol. The van der Waals surface area contributed by atoms with Gasteiger partial charge in [0.2, 0.25) is 0 Å². The highest BCUT2D eigenvalue weighted by Gasteiger charge is 2.30. The summed E-state index contributed by atoms with van der Waals surface area (Å²) in [6, 6.07) is 7.23. The lowest BCUT2D eigenvalue weighted by Gasteiger charge is -2.29. The summed E-state index contributed by atoms with van der Waals surface area (Å²) in [4.78, 5) is 0. The molecule has 0 N–H and O–H groups in total. The molecule has 3 rings (SSSR count). The predicted molar refractivity (Wildman–Crippen MR) is 100 cm³/mol. The average molecular weight is 396 g/mol. The molecule has 1 fully saturated rings. The van der Waals surface area contributed by atoms with Gasteiger partial charge in [-0.3, -0.25) is 0 Å². The molecule has 2 aromatic carbocycles. The molecule has 0 bridgehead atoms. The number of alkyl halides is 3. The summed E-state index contributed by atoms with van der Waals surface area (Å²) in [6.45, 7) is 2.17. The van der Waals surface area contributed by atoms with Crippen molar-refractivity contribution in [3.05, 3.63) is 70.3 Å². The van der Waals surface area contributed by atoms with Crippen molar-refractivity contribution in [1.82, 2.24) is 0 Å². The number of rotatable bonds is 5. The largest absolute Gasteiger partial charge is 0.416 e. The Labute approximate surface area is 162 Å². The minimum absolute atomic E-state index is 0.0701. The molecule has 0 aromatic heterocycles. The van der Waals surface area contributed by atoms with Crippen LogP contribution in [0, 0.1) is 17.6 Å². The lowest BCUT2D eigenvalue weighted by Crippen LogP contribution is -2.14. The molecule has 0 atom stereocenters. The zero-order valence-corrected chi connectivity index (χ0v) is 16.0. The highest BCUT2D eigenvalue weighted by Crippen LogP contribution is 2.38. The Bertz CT molecular complexity index is 761. The van der Waals surface area contributed by atoms with E-state index in [1.165, 1.54) is 30.7 Å². The second-order valence-corrected chi connectivity index (χ2v) is 7.84. The minimum atomic E-state index is -4.42. The van der Waals surface area contributed by atoms with Crippen LogP contribution in [0.2, 0.25) is 0 Å². The molecule has 28 heavy (non-hydrogen) atoms. The highest BCUT2D eigenvalue weighted by molar-refractivity contribution is 5.34. The van der Waals surface area contributed by atoms with E-state index in [0.717, 1.165) is 50.2 Å². The smallest absolute Gasteiger partial charge is 0.207 e. The van der Waals surface area contributed by atoms with Crippen LogP contribution in [0.5, 0.6) is 0 Å². The number of benzene rings is 2. The van der Waals surface area contributed by atoms with Crippen LogP contribution in [0.25, 0.3) is 0 Å². The lowest BCUT2D eigenvalue weighted by atomic mass is 9.77. The molecule has 0 heterocycles. The van der Waals surface area contributed by atoms with Crippen LogP contribution in [-0.4, -0.2) is 0 Å². The van der Waals surface area contributed by atoms with Gasteiger partial charge in [-0.1, -0.05) is 31.9 Å². The van der Waals surface area contributed by atoms with Crippen molar-refractivity contribution in [2.24, 2.45) is 5.92 Å². The molecule has 0 nitrogen and oxygen atoms in total. The van der Waals surface area contributed by atoms with Crippen LogP contribution < -0.4 is 0 Å². The molecule has 0 amide bonds. The van der Waals surface area contributed by atoms with E-state index in [2.05, 4.69) is 6.92 Å². The molecule has 0 saturated heterocycles. The second kappa shape index (κ2) is 8.62. The fraction of sp³-hybridized carbons (Fsp3) is 0.478. The van der Waals surface area contributed by atoms with E-state index in [0.29, 0.717) is 11.1 Å². The Morgan fingerprint density at radius 3 is 1.96 bits per heavy atom. The Morgan fingerprint density at radius 2 is 1.46 bits per heavy atom. The van der Waals surface area contributed by atoms with Crippen LogP contribution >= 0.6 is 0 Å². The predicted octanol–water partition coefficient (Wildman–Crippen LogP) is 7.65. The van der Waals surface area contributed by atoms with Crippen LogP contribution in [-0.2, 0) is 12.6 Å². The van der Waals surface area contributed by atoms with E-state index < -0.39 is 23.4 Å². The summed E-state index contributed by atoms with van der Waals surface area (Å²) in [5, 5.41) is 0. The van der Waals surface area contributed by atoms with Gasteiger partial charge >= 0.3 is 6.18 Å². The zero-order valence-electron chi connectivity index (χ0n) is 16.0. The van der Waals surface area contributed by atoms with Crippen molar-refractivity contribution >= 4 is 0 Å². The molecule has 152 valence electrons. The fourth-order valence-electron chi connectivity index (χ4n) is 4.24. The van der Waals surface area contributed by atoms with Gasteiger partial charge in [0.05, 0.1) is 5.56 Å². The van der Waals surface area contributed by atoms with Gasteiger partial charge in [-0.2, -0.15) is 13.2 Å². The van der Waals surface area contributed by atoms with Crippen LogP contribution in [0.15, 0.2) is 36.4 Å². The van der Waals surface area contributed by atoms with Crippen LogP contribution in [0.3, 0.4) is 0 Å². The first-order chi connectivity index (χ1) is 13.3. The molecule has 1 aliphatic rings. The molecule has 0 spiro atoms. The minimum Gasteiger partial charge on any atom is -0.207 e. The number of halogens is 5. The summed E-state index contributed by atoms with van der Waals surface area (Å²) in [5.74, 6) is -0.344. The average Bonchev–Trinajstić information content (AvgIpc) is 2.65. The highest BCUT2D eigenvalue weighted by atomic mass is 19.4. The summed E-state index contributed by atoms with van der Waals surface area (Å²) >= 11 is 0. The Kier molecular flexibility index (Phi) is 6.41. The maximum absolute atomic E-state index is 14.6. The number of hydrogen-bond acceptors (Lipinski definition) is 0. The third-order valence-corrected chi connectivity index (χ3v) is 5.84. The SMILES string of the molecule is CCCC1CCC(c2cc(F)c(Cc3ccc(C(F)(F)F)cc3)c(F)c2)CC1. The summed E-state index contributed by atoms with van der Waals surface area (Å²) in [7, 11) is 0.